The van der Waals surface area contributed by atoms with Gasteiger partial charge >= 0.3 is 11.1 Å². The van der Waals surface area contributed by atoms with Gasteiger partial charge in [0.25, 0.3) is 5.69 Å². The Balaban J connectivity index is 2.17. The maximum absolute atomic E-state index is 11.7. The van der Waals surface area contributed by atoms with Crippen molar-refractivity contribution in [2.75, 3.05) is 13.1 Å². The Labute approximate surface area is 137 Å². The van der Waals surface area contributed by atoms with Crippen molar-refractivity contribution in [1.29, 1.82) is 0 Å². The molecule has 8 nitrogen and oxygen atoms in total. The highest BCUT2D eigenvalue weighted by Gasteiger charge is 2.21. The molecule has 1 fully saturated rings. The average Bonchev–Trinajstić information content (AvgIpc) is 2.80. The highest BCUT2D eigenvalue weighted by atomic mass is 16.6. The summed E-state index contributed by atoms with van der Waals surface area (Å²) < 4.78 is 0. The molecular weight excluding hydrogens is 312 g/mol. The van der Waals surface area contributed by atoms with Crippen LogP contribution in [0.1, 0.15) is 36.8 Å². The zero-order valence-electron chi connectivity index (χ0n) is 13.6. The smallest absolute Gasteiger partial charge is 0.314 e. The molecule has 0 spiro atoms. The number of hydrogen-bond acceptors (Lipinski definition) is 5. The second-order valence-corrected chi connectivity index (χ2v) is 6.28. The molecule has 1 aliphatic heterocycles. The van der Waals surface area contributed by atoms with Crippen molar-refractivity contribution in [1.82, 2.24) is 14.9 Å². The summed E-state index contributed by atoms with van der Waals surface area (Å²) in [6, 6.07) is 1.31. The average molecular weight is 332 g/mol. The maximum Gasteiger partial charge on any atom is 0.314 e. The van der Waals surface area contributed by atoms with Gasteiger partial charge in [0.2, 0.25) is 0 Å². The van der Waals surface area contributed by atoms with Crippen molar-refractivity contribution in [2.24, 2.45) is 0 Å². The molecule has 1 aliphatic rings. The predicted octanol–water partition coefficient (Wildman–Crippen LogP) is 1.81. The van der Waals surface area contributed by atoms with Gasteiger partial charge in [0.15, 0.2) is 0 Å². The van der Waals surface area contributed by atoms with Crippen molar-refractivity contribution < 1.29 is 4.92 Å². The molecule has 2 heterocycles. The Morgan fingerprint density at radius 3 is 2.38 bits per heavy atom. The summed E-state index contributed by atoms with van der Waals surface area (Å²) in [6.07, 6.45) is 4.57. The Bertz CT molecular complexity index is 891. The van der Waals surface area contributed by atoms with E-state index in [1.165, 1.54) is 18.9 Å². The molecule has 1 aromatic heterocycles. The molecule has 24 heavy (non-hydrogen) atoms. The van der Waals surface area contributed by atoms with Crippen LogP contribution in [0.25, 0.3) is 11.0 Å². The quantitative estimate of drug-likeness (QED) is 0.506. The summed E-state index contributed by atoms with van der Waals surface area (Å²) in [5.74, 6) is 0. The SMILES string of the molecule is Cc1c([N+](=O)[O-])cc2[nH]c(=O)c(=O)[nH]c2c1CN1CCCCCC1. The van der Waals surface area contributed by atoms with Crippen molar-refractivity contribution >= 4 is 16.7 Å². The third kappa shape index (κ3) is 3.09. The van der Waals surface area contributed by atoms with Gasteiger partial charge < -0.3 is 9.97 Å². The lowest BCUT2D eigenvalue weighted by atomic mass is 10.0. The first kappa shape index (κ1) is 16.4. The van der Waals surface area contributed by atoms with Gasteiger partial charge in [-0.15, -0.1) is 0 Å². The summed E-state index contributed by atoms with van der Waals surface area (Å²) in [5, 5.41) is 11.3. The first-order valence-corrected chi connectivity index (χ1v) is 8.13. The number of fused-ring (bicyclic) bond motifs is 1. The fraction of sp³-hybridized carbons (Fsp3) is 0.500. The fourth-order valence-corrected chi connectivity index (χ4v) is 3.32. The number of aromatic amines is 2. The van der Waals surface area contributed by atoms with Crippen LogP contribution in [0.4, 0.5) is 5.69 Å². The molecule has 0 amide bonds. The second-order valence-electron chi connectivity index (χ2n) is 6.28. The number of nitro groups is 1. The van der Waals surface area contributed by atoms with E-state index >= 15 is 0 Å². The Morgan fingerprint density at radius 1 is 1.12 bits per heavy atom. The minimum absolute atomic E-state index is 0.0463. The van der Waals surface area contributed by atoms with Gasteiger partial charge in [-0.2, -0.15) is 0 Å². The molecule has 0 bridgehead atoms. The molecule has 1 saturated heterocycles. The largest absolute Gasteiger partial charge is 0.316 e. The van der Waals surface area contributed by atoms with E-state index in [9.17, 15) is 19.7 Å². The van der Waals surface area contributed by atoms with E-state index in [1.807, 2.05) is 0 Å². The molecular formula is C16H20N4O4. The van der Waals surface area contributed by atoms with E-state index in [4.69, 9.17) is 0 Å². The number of benzene rings is 1. The molecule has 2 aromatic rings. The summed E-state index contributed by atoms with van der Waals surface area (Å²) in [7, 11) is 0. The van der Waals surface area contributed by atoms with E-state index in [-0.39, 0.29) is 5.69 Å². The standard InChI is InChI=1S/C16H20N4O4/c1-10-11(9-19-6-4-2-3-5-7-19)14-12(8-13(10)20(23)24)17-15(21)16(22)18-14/h8H,2-7,9H2,1H3,(H,17,21)(H,18,22). The molecule has 0 atom stereocenters. The molecule has 128 valence electrons. The molecule has 0 saturated carbocycles. The zero-order chi connectivity index (χ0) is 17.3. The Morgan fingerprint density at radius 2 is 1.75 bits per heavy atom. The maximum atomic E-state index is 11.7. The van der Waals surface area contributed by atoms with Crippen LogP contribution in [0.3, 0.4) is 0 Å². The van der Waals surface area contributed by atoms with Crippen LogP contribution < -0.4 is 11.1 Å². The fourth-order valence-electron chi connectivity index (χ4n) is 3.32. The van der Waals surface area contributed by atoms with E-state index < -0.39 is 16.0 Å². The van der Waals surface area contributed by atoms with E-state index in [1.54, 1.807) is 6.92 Å². The molecule has 2 N–H and O–H groups in total. The minimum Gasteiger partial charge on any atom is -0.316 e. The van der Waals surface area contributed by atoms with Gasteiger partial charge in [0.05, 0.1) is 16.0 Å². The van der Waals surface area contributed by atoms with Crippen molar-refractivity contribution in [3.05, 3.63) is 48.0 Å². The van der Waals surface area contributed by atoms with E-state index in [2.05, 4.69) is 14.9 Å². The van der Waals surface area contributed by atoms with Gasteiger partial charge in [-0.1, -0.05) is 12.8 Å². The first-order valence-electron chi connectivity index (χ1n) is 8.13. The third-order valence-corrected chi connectivity index (χ3v) is 4.66. The molecule has 1 aromatic carbocycles. The van der Waals surface area contributed by atoms with Crippen molar-refractivity contribution in [2.45, 2.75) is 39.2 Å². The van der Waals surface area contributed by atoms with Crippen LogP contribution >= 0.6 is 0 Å². The molecule has 3 rings (SSSR count). The minimum atomic E-state index is -0.804. The molecule has 8 heteroatoms. The Hall–Kier alpha value is -2.48. The van der Waals surface area contributed by atoms with E-state index in [0.717, 1.165) is 25.9 Å². The highest BCUT2D eigenvalue weighted by Crippen LogP contribution is 2.29. The number of nitrogens with one attached hydrogen (secondary N) is 2. The molecule has 0 aliphatic carbocycles. The van der Waals surface area contributed by atoms with E-state index in [0.29, 0.717) is 28.7 Å². The Kier molecular flexibility index (Phi) is 4.48. The van der Waals surface area contributed by atoms with Crippen LogP contribution in [0.2, 0.25) is 0 Å². The second kappa shape index (κ2) is 6.56. The lowest BCUT2D eigenvalue weighted by Gasteiger charge is -2.21. The summed E-state index contributed by atoms with van der Waals surface area (Å²) in [5.41, 5.74) is 0.409. The van der Waals surface area contributed by atoms with Crippen LogP contribution in [-0.2, 0) is 6.54 Å². The zero-order valence-corrected chi connectivity index (χ0v) is 13.6. The summed E-state index contributed by atoms with van der Waals surface area (Å²) >= 11 is 0. The van der Waals surface area contributed by atoms with Gasteiger partial charge in [-0.05, 0) is 32.9 Å². The summed E-state index contributed by atoms with van der Waals surface area (Å²) in [4.78, 5) is 41.5. The van der Waals surface area contributed by atoms with Crippen LogP contribution in [-0.4, -0.2) is 32.9 Å². The number of nitro benzene ring substituents is 1. The summed E-state index contributed by atoms with van der Waals surface area (Å²) in [6.45, 7) is 4.06. The molecule has 0 radical (unpaired) electrons. The van der Waals surface area contributed by atoms with Crippen molar-refractivity contribution in [3.63, 3.8) is 0 Å². The monoisotopic (exact) mass is 332 g/mol. The number of nitrogens with zero attached hydrogens (tertiary/aromatic N) is 2. The number of H-pyrrole nitrogens is 2. The van der Waals surface area contributed by atoms with Crippen molar-refractivity contribution in [3.8, 4) is 0 Å². The first-order chi connectivity index (χ1) is 11.5. The normalized spacial score (nSPS) is 16.2. The number of aromatic nitrogens is 2. The highest BCUT2D eigenvalue weighted by molar-refractivity contribution is 5.82. The number of likely N-dealkylation sites (tertiary alicyclic amines) is 1. The molecule has 0 unspecified atom stereocenters. The lowest BCUT2D eigenvalue weighted by molar-refractivity contribution is -0.385. The van der Waals surface area contributed by atoms with Gasteiger partial charge in [0.1, 0.15) is 0 Å². The van der Waals surface area contributed by atoms with Crippen LogP contribution in [0.15, 0.2) is 15.7 Å². The third-order valence-electron chi connectivity index (χ3n) is 4.66. The number of hydrogen-bond donors (Lipinski definition) is 2. The number of rotatable bonds is 3. The van der Waals surface area contributed by atoms with Gasteiger partial charge in [-0.25, -0.2) is 0 Å². The van der Waals surface area contributed by atoms with Crippen LogP contribution in [0, 0.1) is 17.0 Å². The predicted molar refractivity (Wildman–Crippen MR) is 90.3 cm³/mol. The van der Waals surface area contributed by atoms with Gasteiger partial charge in [-0.3, -0.25) is 24.6 Å². The van der Waals surface area contributed by atoms with Crippen LogP contribution in [0.5, 0.6) is 0 Å². The topological polar surface area (TPSA) is 112 Å². The lowest BCUT2D eigenvalue weighted by Crippen LogP contribution is -2.30. The van der Waals surface area contributed by atoms with Gasteiger partial charge in [0, 0.05) is 23.7 Å².